The molecule has 0 amide bonds. The zero-order chi connectivity index (χ0) is 17.2. The van der Waals surface area contributed by atoms with Gasteiger partial charge in [0.05, 0.1) is 23.7 Å². The lowest BCUT2D eigenvalue weighted by molar-refractivity contribution is 0.0805. The van der Waals surface area contributed by atoms with Crippen LogP contribution in [0.5, 0.6) is 0 Å². The van der Waals surface area contributed by atoms with Crippen LogP contribution in [-0.2, 0) is 31.0 Å². The predicted molar refractivity (Wildman–Crippen MR) is 95.5 cm³/mol. The summed E-state index contributed by atoms with van der Waals surface area (Å²) in [5.74, 6) is 1.03. The van der Waals surface area contributed by atoms with Crippen molar-refractivity contribution in [2.45, 2.75) is 40.1 Å². The molecule has 0 bridgehead atoms. The highest BCUT2D eigenvalue weighted by molar-refractivity contribution is 5.39. The number of nitrogens with zero attached hydrogens (tertiary/aromatic N) is 4. The molecule has 1 aliphatic heterocycles. The summed E-state index contributed by atoms with van der Waals surface area (Å²) >= 11 is 0. The topological polar surface area (TPSA) is 56.9 Å². The van der Waals surface area contributed by atoms with Gasteiger partial charge in [0, 0.05) is 32.0 Å². The highest BCUT2D eigenvalue weighted by Crippen LogP contribution is 2.16. The van der Waals surface area contributed by atoms with Crippen molar-refractivity contribution in [2.75, 3.05) is 6.61 Å². The second kappa shape index (κ2) is 6.82. The molecule has 3 aromatic rings. The van der Waals surface area contributed by atoms with Crippen LogP contribution in [0, 0.1) is 13.8 Å². The van der Waals surface area contributed by atoms with Crippen molar-refractivity contribution in [3.05, 3.63) is 65.0 Å². The molecule has 0 spiro atoms. The predicted octanol–water partition coefficient (Wildman–Crippen LogP) is 2.51. The fourth-order valence-electron chi connectivity index (χ4n) is 3.21. The van der Waals surface area contributed by atoms with Gasteiger partial charge in [0.25, 0.3) is 0 Å². The number of ether oxygens (including phenoxy) is 1. The molecule has 130 valence electrons. The number of benzene rings is 1. The van der Waals surface area contributed by atoms with E-state index in [1.807, 2.05) is 30.1 Å². The molecule has 3 heterocycles. The number of aromatic nitrogens is 4. The van der Waals surface area contributed by atoms with Gasteiger partial charge < -0.3 is 14.6 Å². The molecule has 0 aliphatic carbocycles. The maximum absolute atomic E-state index is 5.44. The molecule has 25 heavy (non-hydrogen) atoms. The summed E-state index contributed by atoms with van der Waals surface area (Å²) in [5.41, 5.74) is 5.91. The van der Waals surface area contributed by atoms with Crippen molar-refractivity contribution >= 4 is 0 Å². The van der Waals surface area contributed by atoms with E-state index in [1.54, 1.807) is 0 Å². The van der Waals surface area contributed by atoms with E-state index >= 15 is 0 Å². The molecule has 6 heteroatoms. The van der Waals surface area contributed by atoms with Gasteiger partial charge in [-0.2, -0.15) is 5.10 Å². The number of hydrogen-bond acceptors (Lipinski definition) is 4. The molecule has 0 unspecified atom stereocenters. The Morgan fingerprint density at radius 2 is 2.12 bits per heavy atom. The summed E-state index contributed by atoms with van der Waals surface area (Å²) in [7, 11) is 0. The minimum Gasteiger partial charge on any atom is -0.372 e. The van der Waals surface area contributed by atoms with Gasteiger partial charge in [-0.15, -0.1) is 0 Å². The van der Waals surface area contributed by atoms with Crippen molar-refractivity contribution in [1.82, 2.24) is 24.6 Å². The average Bonchev–Trinajstić information content (AvgIpc) is 3.23. The van der Waals surface area contributed by atoms with E-state index in [4.69, 9.17) is 4.74 Å². The second-order valence-electron chi connectivity index (χ2n) is 6.49. The molecule has 1 aliphatic rings. The number of fused-ring (bicyclic) bond motifs is 1. The third-order valence-corrected chi connectivity index (χ3v) is 4.65. The first-order chi connectivity index (χ1) is 12.2. The van der Waals surface area contributed by atoms with Crippen LogP contribution in [0.15, 0.2) is 36.7 Å². The van der Waals surface area contributed by atoms with Crippen molar-refractivity contribution in [1.29, 1.82) is 0 Å². The Labute approximate surface area is 147 Å². The van der Waals surface area contributed by atoms with Gasteiger partial charge in [0.1, 0.15) is 12.4 Å². The molecule has 0 fully saturated rings. The van der Waals surface area contributed by atoms with E-state index in [-0.39, 0.29) is 0 Å². The zero-order valence-corrected chi connectivity index (χ0v) is 14.7. The monoisotopic (exact) mass is 337 g/mol. The molecule has 0 saturated heterocycles. The maximum atomic E-state index is 5.44. The summed E-state index contributed by atoms with van der Waals surface area (Å²) in [6.45, 7) is 8.08. The Morgan fingerprint density at radius 1 is 1.20 bits per heavy atom. The van der Waals surface area contributed by atoms with Crippen LogP contribution >= 0.6 is 0 Å². The summed E-state index contributed by atoms with van der Waals surface area (Å²) in [6.07, 6.45) is 3.95. The Hall–Kier alpha value is -2.44. The van der Waals surface area contributed by atoms with E-state index in [1.165, 1.54) is 16.8 Å². The molecule has 0 atom stereocenters. The first-order valence-corrected chi connectivity index (χ1v) is 8.64. The van der Waals surface area contributed by atoms with Crippen LogP contribution < -0.4 is 5.32 Å². The van der Waals surface area contributed by atoms with Gasteiger partial charge in [-0.1, -0.05) is 6.07 Å². The summed E-state index contributed by atoms with van der Waals surface area (Å²) < 4.78 is 9.61. The minimum atomic E-state index is 0.619. The summed E-state index contributed by atoms with van der Waals surface area (Å²) in [5, 5.41) is 8.00. The van der Waals surface area contributed by atoms with Crippen molar-refractivity contribution in [3.8, 4) is 5.69 Å². The summed E-state index contributed by atoms with van der Waals surface area (Å²) in [4.78, 5) is 4.44. The number of nitrogens with one attached hydrogen (secondary N) is 1. The van der Waals surface area contributed by atoms with Gasteiger partial charge in [0.2, 0.25) is 0 Å². The lowest BCUT2D eigenvalue weighted by Gasteiger charge is -2.17. The van der Waals surface area contributed by atoms with Crippen LogP contribution in [0.2, 0.25) is 0 Å². The van der Waals surface area contributed by atoms with Crippen molar-refractivity contribution < 1.29 is 4.74 Å². The van der Waals surface area contributed by atoms with Gasteiger partial charge in [-0.25, -0.2) is 9.67 Å². The van der Waals surface area contributed by atoms with E-state index < -0.39 is 0 Å². The SMILES string of the molecule is Cc1ccn(-c2ccc(CNCc3cnc4n3CCOC4)c(C)c2)n1. The van der Waals surface area contributed by atoms with Gasteiger partial charge in [-0.3, -0.25) is 0 Å². The normalized spacial score (nSPS) is 13.8. The molecule has 1 N–H and O–H groups in total. The lowest BCUT2D eigenvalue weighted by Crippen LogP contribution is -2.22. The zero-order valence-electron chi connectivity index (χ0n) is 14.7. The Balaban J connectivity index is 1.40. The van der Waals surface area contributed by atoms with Gasteiger partial charge >= 0.3 is 0 Å². The second-order valence-corrected chi connectivity index (χ2v) is 6.49. The third kappa shape index (κ3) is 3.36. The largest absolute Gasteiger partial charge is 0.372 e. The number of hydrogen-bond donors (Lipinski definition) is 1. The molecular weight excluding hydrogens is 314 g/mol. The van der Waals surface area contributed by atoms with Crippen LogP contribution in [0.25, 0.3) is 5.69 Å². The van der Waals surface area contributed by atoms with Gasteiger partial charge in [-0.05, 0) is 43.2 Å². The average molecular weight is 337 g/mol. The fourth-order valence-corrected chi connectivity index (χ4v) is 3.21. The molecule has 2 aromatic heterocycles. The number of aryl methyl sites for hydroxylation is 2. The van der Waals surface area contributed by atoms with Crippen LogP contribution in [0.1, 0.15) is 28.3 Å². The van der Waals surface area contributed by atoms with E-state index in [9.17, 15) is 0 Å². The summed E-state index contributed by atoms with van der Waals surface area (Å²) in [6, 6.07) is 8.49. The Kier molecular flexibility index (Phi) is 4.38. The minimum absolute atomic E-state index is 0.619. The van der Waals surface area contributed by atoms with E-state index in [2.05, 4.69) is 45.1 Å². The smallest absolute Gasteiger partial charge is 0.135 e. The first-order valence-electron chi connectivity index (χ1n) is 8.64. The Morgan fingerprint density at radius 3 is 2.92 bits per heavy atom. The van der Waals surface area contributed by atoms with E-state index in [0.29, 0.717) is 6.61 Å². The van der Waals surface area contributed by atoms with Crippen LogP contribution in [0.4, 0.5) is 0 Å². The standard InChI is InChI=1S/C19H23N5O/c1-14-9-17(24-6-5-15(2)22-24)4-3-16(14)10-20-11-18-12-21-19-13-25-8-7-23(18)19/h3-6,9,12,20H,7-8,10-11,13H2,1-2H3. The molecule has 1 aromatic carbocycles. The highest BCUT2D eigenvalue weighted by Gasteiger charge is 2.13. The first kappa shape index (κ1) is 16.1. The lowest BCUT2D eigenvalue weighted by atomic mass is 10.1. The quantitative estimate of drug-likeness (QED) is 0.777. The molecule has 0 radical (unpaired) electrons. The molecular formula is C19H23N5O. The van der Waals surface area contributed by atoms with Crippen LogP contribution in [-0.4, -0.2) is 25.9 Å². The fraction of sp³-hybridized carbons (Fsp3) is 0.368. The molecule has 0 saturated carbocycles. The maximum Gasteiger partial charge on any atom is 0.135 e. The van der Waals surface area contributed by atoms with Crippen molar-refractivity contribution in [2.24, 2.45) is 0 Å². The van der Waals surface area contributed by atoms with Crippen molar-refractivity contribution in [3.63, 3.8) is 0 Å². The van der Waals surface area contributed by atoms with Gasteiger partial charge in [0.15, 0.2) is 0 Å². The number of rotatable bonds is 5. The molecule has 4 rings (SSSR count). The van der Waals surface area contributed by atoms with Crippen LogP contribution in [0.3, 0.4) is 0 Å². The molecule has 6 nitrogen and oxygen atoms in total. The Bertz CT molecular complexity index is 880. The van der Waals surface area contributed by atoms with E-state index in [0.717, 1.165) is 43.4 Å². The highest BCUT2D eigenvalue weighted by atomic mass is 16.5. The number of imidazole rings is 1. The third-order valence-electron chi connectivity index (χ3n) is 4.65.